The number of aromatic nitrogens is 1. The van der Waals surface area contributed by atoms with Crippen LogP contribution in [0.3, 0.4) is 0 Å². The van der Waals surface area contributed by atoms with Crippen LogP contribution in [0.15, 0.2) is 36.5 Å². The maximum absolute atomic E-state index is 14.0. The molecule has 0 amide bonds. The van der Waals surface area contributed by atoms with Gasteiger partial charge in [-0.3, -0.25) is 0 Å². The molecule has 2 aromatic rings. The van der Waals surface area contributed by atoms with Crippen molar-refractivity contribution in [1.29, 1.82) is 0 Å². The Bertz CT molecular complexity index is 607. The molecule has 0 atom stereocenters. The third-order valence-corrected chi connectivity index (χ3v) is 3.95. The van der Waals surface area contributed by atoms with Crippen LogP contribution >= 0.6 is 0 Å². The fourth-order valence-electron chi connectivity index (χ4n) is 2.86. The average molecular weight is 286 g/mol. The van der Waals surface area contributed by atoms with Gasteiger partial charge in [-0.05, 0) is 37.1 Å². The third kappa shape index (κ3) is 2.99. The summed E-state index contributed by atoms with van der Waals surface area (Å²) in [6.07, 6.45) is 6.65. The molecule has 1 heterocycles. The monoisotopic (exact) mass is 286 g/mol. The summed E-state index contributed by atoms with van der Waals surface area (Å²) in [5, 5.41) is 3.43. The second kappa shape index (κ2) is 6.12. The number of rotatable bonds is 4. The van der Waals surface area contributed by atoms with E-state index in [1.54, 1.807) is 25.4 Å². The zero-order chi connectivity index (χ0) is 14.7. The maximum Gasteiger partial charge on any atom is 0.134 e. The predicted molar refractivity (Wildman–Crippen MR) is 82.1 cm³/mol. The van der Waals surface area contributed by atoms with Crippen molar-refractivity contribution in [1.82, 2.24) is 4.98 Å². The van der Waals surface area contributed by atoms with Crippen molar-refractivity contribution in [2.24, 2.45) is 0 Å². The molecule has 4 heteroatoms. The summed E-state index contributed by atoms with van der Waals surface area (Å²) in [5.74, 6) is 1.07. The van der Waals surface area contributed by atoms with Crippen molar-refractivity contribution in [3.8, 4) is 16.9 Å². The van der Waals surface area contributed by atoms with Gasteiger partial charge >= 0.3 is 0 Å². The lowest BCUT2D eigenvalue weighted by Gasteiger charge is -2.13. The molecule has 21 heavy (non-hydrogen) atoms. The van der Waals surface area contributed by atoms with Crippen LogP contribution in [-0.4, -0.2) is 18.1 Å². The smallest absolute Gasteiger partial charge is 0.134 e. The van der Waals surface area contributed by atoms with Crippen molar-refractivity contribution < 1.29 is 9.13 Å². The van der Waals surface area contributed by atoms with Gasteiger partial charge in [0, 0.05) is 17.8 Å². The van der Waals surface area contributed by atoms with E-state index in [-0.39, 0.29) is 5.82 Å². The number of nitrogens with one attached hydrogen (secondary N) is 1. The molecule has 1 aromatic carbocycles. The molecule has 1 aromatic heterocycles. The summed E-state index contributed by atoms with van der Waals surface area (Å²) >= 11 is 0. The van der Waals surface area contributed by atoms with Gasteiger partial charge in [0.15, 0.2) is 0 Å². The van der Waals surface area contributed by atoms with E-state index in [1.165, 1.54) is 31.7 Å². The van der Waals surface area contributed by atoms with E-state index in [1.807, 2.05) is 12.1 Å². The Balaban J connectivity index is 1.83. The Morgan fingerprint density at radius 3 is 2.67 bits per heavy atom. The molecular weight excluding hydrogens is 267 g/mol. The number of nitrogens with zero attached hydrogens (tertiary/aromatic N) is 1. The van der Waals surface area contributed by atoms with Crippen LogP contribution in [0.4, 0.5) is 10.2 Å². The minimum Gasteiger partial charge on any atom is -0.496 e. The summed E-state index contributed by atoms with van der Waals surface area (Å²) < 4.78 is 19.3. The van der Waals surface area contributed by atoms with E-state index < -0.39 is 0 Å². The van der Waals surface area contributed by atoms with Gasteiger partial charge in [-0.15, -0.1) is 0 Å². The van der Waals surface area contributed by atoms with Gasteiger partial charge in [0.05, 0.1) is 12.7 Å². The van der Waals surface area contributed by atoms with Gasteiger partial charge in [0.25, 0.3) is 0 Å². The molecule has 1 aliphatic rings. The predicted octanol–water partition coefficient (Wildman–Crippen LogP) is 4.25. The highest BCUT2D eigenvalue weighted by Crippen LogP contribution is 2.32. The number of hydrogen-bond donors (Lipinski definition) is 1. The number of anilines is 1. The third-order valence-electron chi connectivity index (χ3n) is 3.95. The second-order valence-corrected chi connectivity index (χ2v) is 5.37. The van der Waals surface area contributed by atoms with E-state index in [2.05, 4.69) is 10.3 Å². The first-order valence-electron chi connectivity index (χ1n) is 7.33. The molecule has 0 unspecified atom stereocenters. The Hall–Kier alpha value is -2.10. The quantitative estimate of drug-likeness (QED) is 0.912. The van der Waals surface area contributed by atoms with E-state index in [0.717, 1.165) is 11.4 Å². The van der Waals surface area contributed by atoms with E-state index >= 15 is 0 Å². The number of halogens is 1. The van der Waals surface area contributed by atoms with Crippen LogP contribution in [0, 0.1) is 5.82 Å². The van der Waals surface area contributed by atoms with Crippen molar-refractivity contribution in [2.45, 2.75) is 31.7 Å². The SMILES string of the molecule is COc1cccc(F)c1-c1ccc(NC2CCCC2)nc1. The van der Waals surface area contributed by atoms with Gasteiger partial charge in [-0.25, -0.2) is 9.37 Å². The summed E-state index contributed by atoms with van der Waals surface area (Å²) in [6, 6.07) is 9.13. The van der Waals surface area contributed by atoms with Crippen molar-refractivity contribution in [3.05, 3.63) is 42.3 Å². The standard InChI is InChI=1S/C17H19FN2O/c1-21-15-8-4-7-14(18)17(15)12-9-10-16(19-11-12)20-13-5-2-3-6-13/h4,7-11,13H,2-3,5-6H2,1H3,(H,19,20). The molecule has 0 radical (unpaired) electrons. The van der Waals surface area contributed by atoms with Crippen LogP contribution in [0.5, 0.6) is 5.75 Å². The van der Waals surface area contributed by atoms with Gasteiger partial charge < -0.3 is 10.1 Å². The lowest BCUT2D eigenvalue weighted by molar-refractivity contribution is 0.413. The van der Waals surface area contributed by atoms with E-state index in [9.17, 15) is 4.39 Å². The van der Waals surface area contributed by atoms with Gasteiger partial charge in [0.1, 0.15) is 17.4 Å². The van der Waals surface area contributed by atoms with Gasteiger partial charge in [-0.2, -0.15) is 0 Å². The highest BCUT2D eigenvalue weighted by Gasteiger charge is 2.16. The fourth-order valence-corrected chi connectivity index (χ4v) is 2.86. The molecule has 0 bridgehead atoms. The normalized spacial score (nSPS) is 15.1. The molecule has 1 N–H and O–H groups in total. The number of ether oxygens (including phenoxy) is 1. The largest absolute Gasteiger partial charge is 0.496 e. The van der Waals surface area contributed by atoms with Crippen LogP contribution in [-0.2, 0) is 0 Å². The van der Waals surface area contributed by atoms with Crippen LogP contribution in [0.1, 0.15) is 25.7 Å². The van der Waals surface area contributed by atoms with E-state index in [4.69, 9.17) is 4.74 Å². The maximum atomic E-state index is 14.0. The molecule has 1 fully saturated rings. The first-order chi connectivity index (χ1) is 10.3. The lowest BCUT2D eigenvalue weighted by atomic mass is 10.1. The highest BCUT2D eigenvalue weighted by molar-refractivity contribution is 5.71. The van der Waals surface area contributed by atoms with Crippen molar-refractivity contribution >= 4 is 5.82 Å². The summed E-state index contributed by atoms with van der Waals surface area (Å²) in [6.45, 7) is 0. The Morgan fingerprint density at radius 2 is 2.00 bits per heavy atom. The average Bonchev–Trinajstić information content (AvgIpc) is 3.01. The number of hydrogen-bond acceptors (Lipinski definition) is 3. The minimum absolute atomic E-state index is 0.298. The summed E-state index contributed by atoms with van der Waals surface area (Å²) in [5.41, 5.74) is 1.18. The summed E-state index contributed by atoms with van der Waals surface area (Å²) in [4.78, 5) is 4.40. The molecule has 1 saturated carbocycles. The first kappa shape index (κ1) is 13.9. The van der Waals surface area contributed by atoms with Gasteiger partial charge in [0.2, 0.25) is 0 Å². The molecular formula is C17H19FN2O. The topological polar surface area (TPSA) is 34.1 Å². The zero-order valence-corrected chi connectivity index (χ0v) is 12.1. The number of methoxy groups -OCH3 is 1. The van der Waals surface area contributed by atoms with E-state index in [0.29, 0.717) is 17.4 Å². The van der Waals surface area contributed by atoms with Gasteiger partial charge in [-0.1, -0.05) is 18.9 Å². The molecule has 0 saturated heterocycles. The highest BCUT2D eigenvalue weighted by atomic mass is 19.1. The molecule has 110 valence electrons. The summed E-state index contributed by atoms with van der Waals surface area (Å²) in [7, 11) is 1.54. The molecule has 3 rings (SSSR count). The van der Waals surface area contributed by atoms with Crippen LogP contribution < -0.4 is 10.1 Å². The second-order valence-electron chi connectivity index (χ2n) is 5.37. The van der Waals surface area contributed by atoms with Crippen LogP contribution in [0.2, 0.25) is 0 Å². The Kier molecular flexibility index (Phi) is 4.04. The Labute approximate surface area is 124 Å². The zero-order valence-electron chi connectivity index (χ0n) is 12.1. The molecule has 1 aliphatic carbocycles. The molecule has 0 aliphatic heterocycles. The Morgan fingerprint density at radius 1 is 1.19 bits per heavy atom. The fraction of sp³-hybridized carbons (Fsp3) is 0.353. The first-order valence-corrected chi connectivity index (χ1v) is 7.33. The van der Waals surface area contributed by atoms with Crippen molar-refractivity contribution in [2.75, 3.05) is 12.4 Å². The molecule has 0 spiro atoms. The lowest BCUT2D eigenvalue weighted by Crippen LogP contribution is -2.15. The minimum atomic E-state index is -0.298. The number of pyridine rings is 1. The number of benzene rings is 1. The van der Waals surface area contributed by atoms with Crippen molar-refractivity contribution in [3.63, 3.8) is 0 Å². The molecule has 3 nitrogen and oxygen atoms in total. The van der Waals surface area contributed by atoms with Crippen LogP contribution in [0.25, 0.3) is 11.1 Å².